The lowest BCUT2D eigenvalue weighted by Crippen LogP contribution is -2.27. The smallest absolute Gasteiger partial charge is 0.268 e. The highest BCUT2D eigenvalue weighted by molar-refractivity contribution is 8.27. The zero-order valence-corrected chi connectivity index (χ0v) is 19.9. The Morgan fingerprint density at radius 2 is 1.78 bits per heavy atom. The topological polar surface area (TPSA) is 63.5 Å². The first-order valence-corrected chi connectivity index (χ1v) is 11.8. The summed E-state index contributed by atoms with van der Waals surface area (Å²) in [4.78, 5) is 27.5. The van der Waals surface area contributed by atoms with E-state index in [0.717, 1.165) is 10.5 Å². The van der Waals surface area contributed by atoms with Crippen LogP contribution in [-0.4, -0.2) is 15.2 Å². The molecule has 3 aromatic carbocycles. The standard InChI is InChI=1S/C23H15ClN2O3S3/c1-14-2-7-17(8-3-14)25-22(27)21(32-23(25)30)13-15-4-11-20(19(12-15)26(28)29)31-18-9-5-16(24)6-10-18/h2-13H,1H3. The van der Waals surface area contributed by atoms with Crippen molar-refractivity contribution in [3.63, 3.8) is 0 Å². The van der Waals surface area contributed by atoms with E-state index < -0.39 is 4.92 Å². The summed E-state index contributed by atoms with van der Waals surface area (Å²) in [5.74, 6) is -0.244. The van der Waals surface area contributed by atoms with Crippen LogP contribution in [0.2, 0.25) is 5.02 Å². The molecular formula is C23H15ClN2O3S3. The van der Waals surface area contributed by atoms with Gasteiger partial charge in [-0.05, 0) is 61.0 Å². The average Bonchev–Trinajstić information content (AvgIpc) is 3.04. The molecule has 0 aliphatic carbocycles. The molecule has 0 spiro atoms. The molecule has 9 heteroatoms. The van der Waals surface area contributed by atoms with Crippen molar-refractivity contribution < 1.29 is 9.72 Å². The number of benzene rings is 3. The molecule has 1 saturated heterocycles. The molecule has 0 radical (unpaired) electrons. The number of carbonyl (C=O) groups is 1. The van der Waals surface area contributed by atoms with Gasteiger partial charge in [0.2, 0.25) is 0 Å². The molecule has 0 atom stereocenters. The van der Waals surface area contributed by atoms with Crippen molar-refractivity contribution in [1.82, 2.24) is 0 Å². The number of nitro benzene ring substituents is 1. The Bertz CT molecular complexity index is 1260. The lowest BCUT2D eigenvalue weighted by atomic mass is 10.1. The minimum atomic E-state index is -0.424. The normalized spacial score (nSPS) is 14.9. The summed E-state index contributed by atoms with van der Waals surface area (Å²) in [6.07, 6.45) is 1.64. The van der Waals surface area contributed by atoms with Crippen LogP contribution in [0.4, 0.5) is 11.4 Å². The first-order valence-electron chi connectivity index (χ1n) is 9.38. The second-order valence-corrected chi connectivity index (χ2v) is 10.1. The van der Waals surface area contributed by atoms with E-state index in [0.29, 0.717) is 30.4 Å². The number of nitro groups is 1. The molecule has 32 heavy (non-hydrogen) atoms. The summed E-state index contributed by atoms with van der Waals surface area (Å²) in [5.41, 5.74) is 2.30. The van der Waals surface area contributed by atoms with Crippen LogP contribution >= 0.6 is 47.3 Å². The number of thioether (sulfide) groups is 1. The second kappa shape index (κ2) is 9.46. The number of aryl methyl sites for hydroxylation is 1. The molecule has 5 nitrogen and oxygen atoms in total. The highest BCUT2D eigenvalue weighted by atomic mass is 35.5. The monoisotopic (exact) mass is 498 g/mol. The summed E-state index contributed by atoms with van der Waals surface area (Å²) in [5, 5.41) is 12.3. The Hall–Kier alpha value is -2.65. The molecule has 3 aromatic rings. The average molecular weight is 499 g/mol. The fraction of sp³-hybridized carbons (Fsp3) is 0.0435. The molecule has 0 aromatic heterocycles. The van der Waals surface area contributed by atoms with Crippen LogP contribution in [-0.2, 0) is 4.79 Å². The molecule has 1 aliphatic heterocycles. The molecular weight excluding hydrogens is 484 g/mol. The van der Waals surface area contributed by atoms with Crippen LogP contribution < -0.4 is 4.90 Å². The predicted octanol–water partition coefficient (Wildman–Crippen LogP) is 7.11. The Morgan fingerprint density at radius 1 is 1.09 bits per heavy atom. The molecule has 1 amide bonds. The molecule has 1 fully saturated rings. The molecule has 1 heterocycles. The fourth-order valence-electron chi connectivity index (χ4n) is 3.02. The summed E-state index contributed by atoms with van der Waals surface area (Å²) in [7, 11) is 0. The number of hydrogen-bond donors (Lipinski definition) is 0. The summed E-state index contributed by atoms with van der Waals surface area (Å²) in [6.45, 7) is 1.97. The van der Waals surface area contributed by atoms with Gasteiger partial charge in [-0.25, -0.2) is 0 Å². The Balaban J connectivity index is 1.62. The van der Waals surface area contributed by atoms with E-state index in [9.17, 15) is 14.9 Å². The summed E-state index contributed by atoms with van der Waals surface area (Å²) >= 11 is 13.8. The lowest BCUT2D eigenvalue weighted by Gasteiger charge is -2.14. The molecule has 0 saturated carbocycles. The molecule has 160 valence electrons. The first kappa shape index (κ1) is 22.5. The van der Waals surface area contributed by atoms with Gasteiger partial charge in [0.25, 0.3) is 11.6 Å². The third-order valence-electron chi connectivity index (χ3n) is 4.60. The van der Waals surface area contributed by atoms with E-state index in [-0.39, 0.29) is 11.6 Å². The lowest BCUT2D eigenvalue weighted by molar-refractivity contribution is -0.387. The van der Waals surface area contributed by atoms with E-state index in [1.54, 1.807) is 42.5 Å². The molecule has 0 N–H and O–H groups in total. The number of anilines is 1. The van der Waals surface area contributed by atoms with Gasteiger partial charge in [-0.3, -0.25) is 19.8 Å². The first-order chi connectivity index (χ1) is 15.3. The molecule has 0 bridgehead atoms. The van der Waals surface area contributed by atoms with Gasteiger partial charge in [0.1, 0.15) is 0 Å². The predicted molar refractivity (Wildman–Crippen MR) is 136 cm³/mol. The number of halogens is 1. The Morgan fingerprint density at radius 3 is 2.44 bits per heavy atom. The van der Waals surface area contributed by atoms with Crippen LogP contribution in [0.5, 0.6) is 0 Å². The quantitative estimate of drug-likeness (QED) is 0.161. The number of hydrogen-bond acceptors (Lipinski definition) is 6. The van der Waals surface area contributed by atoms with Gasteiger partial charge >= 0.3 is 0 Å². The highest BCUT2D eigenvalue weighted by Crippen LogP contribution is 2.39. The maximum Gasteiger partial charge on any atom is 0.283 e. The van der Waals surface area contributed by atoms with Gasteiger partial charge in [-0.15, -0.1) is 0 Å². The maximum atomic E-state index is 13.0. The number of thiocarbonyl (C=S) groups is 1. The number of nitrogens with zero attached hydrogens (tertiary/aromatic N) is 2. The van der Waals surface area contributed by atoms with Crippen molar-refractivity contribution in [2.45, 2.75) is 16.7 Å². The maximum absolute atomic E-state index is 13.0. The zero-order chi connectivity index (χ0) is 22.8. The van der Waals surface area contributed by atoms with Gasteiger partial charge in [0, 0.05) is 16.0 Å². The van der Waals surface area contributed by atoms with Crippen LogP contribution in [0.1, 0.15) is 11.1 Å². The highest BCUT2D eigenvalue weighted by Gasteiger charge is 2.33. The number of amides is 1. The SMILES string of the molecule is Cc1ccc(N2C(=O)C(=Cc3ccc(Sc4ccc(Cl)cc4)c([N+](=O)[O-])c3)SC2=S)cc1. The molecule has 0 unspecified atom stereocenters. The van der Waals surface area contributed by atoms with E-state index in [1.165, 1.54) is 34.5 Å². The number of carbonyl (C=O) groups excluding carboxylic acids is 1. The van der Waals surface area contributed by atoms with Gasteiger partial charge in [0.05, 0.1) is 20.4 Å². The van der Waals surface area contributed by atoms with Gasteiger partial charge in [-0.1, -0.05) is 71.1 Å². The van der Waals surface area contributed by atoms with Crippen LogP contribution in [0, 0.1) is 17.0 Å². The van der Waals surface area contributed by atoms with Crippen LogP contribution in [0.15, 0.2) is 81.4 Å². The van der Waals surface area contributed by atoms with Crippen molar-refractivity contribution in [3.8, 4) is 0 Å². The van der Waals surface area contributed by atoms with Gasteiger partial charge in [-0.2, -0.15) is 0 Å². The van der Waals surface area contributed by atoms with Crippen molar-refractivity contribution >= 4 is 75.0 Å². The van der Waals surface area contributed by atoms with Gasteiger partial charge in [0.15, 0.2) is 4.32 Å². The van der Waals surface area contributed by atoms with E-state index >= 15 is 0 Å². The van der Waals surface area contributed by atoms with Crippen LogP contribution in [0.25, 0.3) is 6.08 Å². The molecule has 1 aliphatic rings. The Kier molecular flexibility index (Phi) is 6.66. The van der Waals surface area contributed by atoms with Crippen molar-refractivity contribution in [3.05, 3.63) is 97.9 Å². The number of rotatable bonds is 5. The fourth-order valence-corrected chi connectivity index (χ4v) is 5.34. The largest absolute Gasteiger partial charge is 0.283 e. The summed E-state index contributed by atoms with van der Waals surface area (Å²) in [6, 6.07) is 19.5. The third kappa shape index (κ3) is 4.88. The van der Waals surface area contributed by atoms with E-state index in [2.05, 4.69) is 0 Å². The van der Waals surface area contributed by atoms with E-state index in [4.69, 9.17) is 23.8 Å². The second-order valence-electron chi connectivity index (χ2n) is 6.89. The minimum Gasteiger partial charge on any atom is -0.268 e. The Labute approximate surface area is 203 Å². The van der Waals surface area contributed by atoms with Crippen LogP contribution in [0.3, 0.4) is 0 Å². The minimum absolute atomic E-state index is 0.0345. The van der Waals surface area contributed by atoms with Crippen molar-refractivity contribution in [1.29, 1.82) is 0 Å². The zero-order valence-electron chi connectivity index (χ0n) is 16.7. The van der Waals surface area contributed by atoms with Crippen molar-refractivity contribution in [2.75, 3.05) is 4.90 Å². The van der Waals surface area contributed by atoms with Gasteiger partial charge < -0.3 is 0 Å². The molecule has 4 rings (SSSR count). The van der Waals surface area contributed by atoms with Crippen molar-refractivity contribution in [2.24, 2.45) is 0 Å². The summed E-state index contributed by atoms with van der Waals surface area (Å²) < 4.78 is 0.425. The van der Waals surface area contributed by atoms with E-state index in [1.807, 2.05) is 31.2 Å². The third-order valence-corrected chi connectivity index (χ3v) is 7.23.